The Bertz CT molecular complexity index is 737. The molecule has 0 saturated carbocycles. The van der Waals surface area contributed by atoms with Crippen LogP contribution in [-0.2, 0) is 6.42 Å². The first-order valence-corrected chi connectivity index (χ1v) is 7.79. The second kappa shape index (κ2) is 6.01. The third-order valence-electron chi connectivity index (χ3n) is 3.21. The van der Waals surface area contributed by atoms with Crippen molar-refractivity contribution in [1.82, 2.24) is 10.1 Å². The Morgan fingerprint density at radius 1 is 1.10 bits per heavy atom. The van der Waals surface area contributed by atoms with Crippen molar-refractivity contribution in [3.05, 3.63) is 60.0 Å². The minimum Gasteiger partial charge on any atom is -0.398 e. The van der Waals surface area contributed by atoms with Gasteiger partial charge in [0.05, 0.1) is 6.42 Å². The number of hydrogen-bond acceptors (Lipinski definition) is 5. The SMILES string of the molecule is CSc1ccc(-c2noc(Cc3ccccc3N)n2)cc1. The Labute approximate surface area is 127 Å². The second-order valence-corrected chi connectivity index (χ2v) is 5.50. The quantitative estimate of drug-likeness (QED) is 0.588. The summed E-state index contributed by atoms with van der Waals surface area (Å²) in [4.78, 5) is 5.64. The highest BCUT2D eigenvalue weighted by Gasteiger charge is 2.10. The maximum atomic E-state index is 5.93. The molecule has 0 aliphatic rings. The largest absolute Gasteiger partial charge is 0.398 e. The van der Waals surface area contributed by atoms with E-state index in [0.29, 0.717) is 18.1 Å². The minimum absolute atomic E-state index is 0.544. The van der Waals surface area contributed by atoms with Crippen LogP contribution in [0.1, 0.15) is 11.5 Å². The fourth-order valence-electron chi connectivity index (χ4n) is 2.04. The summed E-state index contributed by atoms with van der Waals surface area (Å²) < 4.78 is 5.31. The molecule has 1 aromatic heterocycles. The highest BCUT2D eigenvalue weighted by atomic mass is 32.2. The summed E-state index contributed by atoms with van der Waals surface area (Å²) in [6.07, 6.45) is 2.59. The van der Waals surface area contributed by atoms with E-state index in [2.05, 4.69) is 10.1 Å². The Morgan fingerprint density at radius 3 is 2.57 bits per heavy atom. The molecule has 3 aromatic rings. The molecular weight excluding hydrogens is 282 g/mol. The molecule has 0 atom stereocenters. The van der Waals surface area contributed by atoms with Gasteiger partial charge in [-0.2, -0.15) is 4.98 Å². The van der Waals surface area contributed by atoms with Crippen LogP contribution in [0.15, 0.2) is 57.9 Å². The predicted molar refractivity (Wildman–Crippen MR) is 85.2 cm³/mol. The van der Waals surface area contributed by atoms with Gasteiger partial charge in [-0.1, -0.05) is 23.4 Å². The summed E-state index contributed by atoms with van der Waals surface area (Å²) in [5.74, 6) is 1.17. The number of thioether (sulfide) groups is 1. The van der Waals surface area contributed by atoms with Gasteiger partial charge in [-0.25, -0.2) is 0 Å². The Kier molecular flexibility index (Phi) is 3.92. The summed E-state index contributed by atoms with van der Waals surface area (Å²) >= 11 is 1.70. The van der Waals surface area contributed by atoms with Crippen LogP contribution in [0.25, 0.3) is 11.4 Å². The number of nitrogens with zero attached hydrogens (tertiary/aromatic N) is 2. The fraction of sp³-hybridized carbons (Fsp3) is 0.125. The van der Waals surface area contributed by atoms with E-state index in [4.69, 9.17) is 10.3 Å². The van der Waals surface area contributed by atoms with Gasteiger partial charge < -0.3 is 10.3 Å². The van der Waals surface area contributed by atoms with E-state index >= 15 is 0 Å². The monoisotopic (exact) mass is 297 g/mol. The van der Waals surface area contributed by atoms with Gasteiger partial charge >= 0.3 is 0 Å². The van der Waals surface area contributed by atoms with Gasteiger partial charge in [-0.3, -0.25) is 0 Å². The lowest BCUT2D eigenvalue weighted by Gasteiger charge is -2.00. The minimum atomic E-state index is 0.544. The van der Waals surface area contributed by atoms with Crippen molar-refractivity contribution in [2.24, 2.45) is 0 Å². The van der Waals surface area contributed by atoms with Crippen molar-refractivity contribution in [3.63, 3.8) is 0 Å². The molecule has 0 spiro atoms. The van der Waals surface area contributed by atoms with E-state index in [9.17, 15) is 0 Å². The first-order chi connectivity index (χ1) is 10.3. The Morgan fingerprint density at radius 2 is 1.86 bits per heavy atom. The average Bonchev–Trinajstić information content (AvgIpc) is 2.98. The van der Waals surface area contributed by atoms with E-state index in [-0.39, 0.29) is 0 Å². The first-order valence-electron chi connectivity index (χ1n) is 6.56. The lowest BCUT2D eigenvalue weighted by molar-refractivity contribution is 0.386. The highest BCUT2D eigenvalue weighted by molar-refractivity contribution is 7.98. The molecular formula is C16H15N3OS. The number of anilines is 1. The standard InChI is InChI=1S/C16H15N3OS/c1-21-13-8-6-11(7-9-13)16-18-15(20-19-16)10-12-4-2-3-5-14(12)17/h2-9H,10,17H2,1H3. The average molecular weight is 297 g/mol. The van der Waals surface area contributed by atoms with Gasteiger partial charge in [-0.05, 0) is 42.2 Å². The number of hydrogen-bond donors (Lipinski definition) is 1. The number of benzene rings is 2. The molecule has 0 fully saturated rings. The fourth-order valence-corrected chi connectivity index (χ4v) is 2.45. The molecule has 4 nitrogen and oxygen atoms in total. The number of rotatable bonds is 4. The smallest absolute Gasteiger partial charge is 0.231 e. The van der Waals surface area contributed by atoms with Crippen LogP contribution in [-0.4, -0.2) is 16.4 Å². The number of nitrogens with two attached hydrogens (primary N) is 1. The molecule has 21 heavy (non-hydrogen) atoms. The molecule has 5 heteroatoms. The Hall–Kier alpha value is -2.27. The van der Waals surface area contributed by atoms with Crippen LogP contribution in [0, 0.1) is 0 Å². The van der Waals surface area contributed by atoms with Crippen molar-refractivity contribution >= 4 is 17.4 Å². The molecule has 0 unspecified atom stereocenters. The van der Waals surface area contributed by atoms with Crippen molar-refractivity contribution in [3.8, 4) is 11.4 Å². The van der Waals surface area contributed by atoms with Gasteiger partial charge in [0.25, 0.3) is 0 Å². The van der Waals surface area contributed by atoms with Crippen LogP contribution in [0.4, 0.5) is 5.69 Å². The first kappa shape index (κ1) is 13.7. The maximum Gasteiger partial charge on any atom is 0.231 e. The third kappa shape index (κ3) is 3.08. The normalized spacial score (nSPS) is 10.7. The molecule has 2 N–H and O–H groups in total. The number of para-hydroxylation sites is 1. The van der Waals surface area contributed by atoms with Crippen molar-refractivity contribution < 1.29 is 4.52 Å². The molecule has 0 amide bonds. The third-order valence-corrected chi connectivity index (χ3v) is 3.96. The molecule has 1 heterocycles. The zero-order valence-corrected chi connectivity index (χ0v) is 12.4. The molecule has 0 saturated heterocycles. The second-order valence-electron chi connectivity index (χ2n) is 4.62. The van der Waals surface area contributed by atoms with Gasteiger partial charge in [0.2, 0.25) is 11.7 Å². The molecule has 3 rings (SSSR count). The predicted octanol–water partition coefficient (Wildman–Crippen LogP) is 3.63. The molecule has 2 aromatic carbocycles. The summed E-state index contributed by atoms with van der Waals surface area (Å²) in [7, 11) is 0. The maximum absolute atomic E-state index is 5.93. The molecule has 106 valence electrons. The van der Waals surface area contributed by atoms with Crippen LogP contribution in [0.3, 0.4) is 0 Å². The van der Waals surface area contributed by atoms with Crippen LogP contribution in [0.5, 0.6) is 0 Å². The molecule has 0 aliphatic heterocycles. The number of nitrogen functional groups attached to an aromatic ring is 1. The van der Waals surface area contributed by atoms with Gasteiger partial charge in [0.1, 0.15) is 0 Å². The molecule has 0 radical (unpaired) electrons. The lowest BCUT2D eigenvalue weighted by atomic mass is 10.1. The van der Waals surface area contributed by atoms with Crippen molar-refractivity contribution in [2.75, 3.05) is 12.0 Å². The van der Waals surface area contributed by atoms with Gasteiger partial charge in [-0.15, -0.1) is 11.8 Å². The van der Waals surface area contributed by atoms with E-state index in [1.165, 1.54) is 4.90 Å². The van der Waals surface area contributed by atoms with E-state index in [0.717, 1.165) is 16.8 Å². The van der Waals surface area contributed by atoms with E-state index in [1.54, 1.807) is 11.8 Å². The van der Waals surface area contributed by atoms with Crippen LogP contribution >= 0.6 is 11.8 Å². The van der Waals surface area contributed by atoms with E-state index < -0.39 is 0 Å². The van der Waals surface area contributed by atoms with Crippen LogP contribution in [0.2, 0.25) is 0 Å². The summed E-state index contributed by atoms with van der Waals surface area (Å²) in [5.41, 5.74) is 8.60. The van der Waals surface area contributed by atoms with Gasteiger partial charge in [0.15, 0.2) is 0 Å². The summed E-state index contributed by atoms with van der Waals surface area (Å²) in [6.45, 7) is 0. The lowest BCUT2D eigenvalue weighted by Crippen LogP contribution is -1.95. The topological polar surface area (TPSA) is 64.9 Å². The van der Waals surface area contributed by atoms with Crippen LogP contribution < -0.4 is 5.73 Å². The van der Waals surface area contributed by atoms with Gasteiger partial charge in [0, 0.05) is 16.1 Å². The molecule has 0 bridgehead atoms. The van der Waals surface area contributed by atoms with Crippen molar-refractivity contribution in [1.29, 1.82) is 0 Å². The summed E-state index contributed by atoms with van der Waals surface area (Å²) in [5, 5.41) is 4.03. The number of aromatic nitrogens is 2. The molecule has 0 aliphatic carbocycles. The summed E-state index contributed by atoms with van der Waals surface area (Å²) in [6, 6.07) is 15.8. The highest BCUT2D eigenvalue weighted by Crippen LogP contribution is 2.22. The zero-order chi connectivity index (χ0) is 14.7. The Balaban J connectivity index is 1.81. The zero-order valence-electron chi connectivity index (χ0n) is 11.6. The van der Waals surface area contributed by atoms with E-state index in [1.807, 2.05) is 54.8 Å². The van der Waals surface area contributed by atoms with Crippen molar-refractivity contribution in [2.45, 2.75) is 11.3 Å².